The van der Waals surface area contributed by atoms with Crippen LogP contribution in [0.15, 0.2) is 35.5 Å². The monoisotopic (exact) mass is 304 g/mol. The second-order valence-corrected chi connectivity index (χ2v) is 4.48. The molecule has 2 nitrogen and oxygen atoms in total. The van der Waals surface area contributed by atoms with E-state index in [4.69, 9.17) is 4.74 Å². The zero-order chi connectivity index (χ0) is 16.5. The van der Waals surface area contributed by atoms with E-state index in [-0.39, 0.29) is 12.4 Å². The first-order chi connectivity index (χ1) is 9.79. The lowest BCUT2D eigenvalue weighted by molar-refractivity contribution is -0.147. The lowest BCUT2D eigenvalue weighted by Gasteiger charge is -2.18. The van der Waals surface area contributed by atoms with E-state index in [2.05, 4.69) is 0 Å². The van der Waals surface area contributed by atoms with E-state index < -0.39 is 17.9 Å². The third-order valence-corrected chi connectivity index (χ3v) is 2.91. The largest absolute Gasteiger partial charge is 0.457 e. The highest BCUT2D eigenvalue weighted by molar-refractivity contribution is 5.69. The second kappa shape index (κ2) is 9.42. The molecule has 0 spiro atoms. The zero-order valence-corrected chi connectivity index (χ0v) is 13.0. The standard InChI is InChI=1S/C16H23F3O2/c1-5-9-14(21-15(20)8-4)12(6-2)10-11-13(7-3)16(17,18)19/h6-7,10-11,14H,5,8-9H2,1-4H3/b11-10-,12-6+,13-7+. The molecule has 0 rings (SSSR count). The number of halogens is 3. The highest BCUT2D eigenvalue weighted by atomic mass is 19.4. The molecule has 0 aromatic heterocycles. The maximum absolute atomic E-state index is 12.7. The van der Waals surface area contributed by atoms with Crippen molar-refractivity contribution in [1.29, 1.82) is 0 Å². The minimum atomic E-state index is -4.38. The molecule has 0 amide bonds. The first-order valence-corrected chi connectivity index (χ1v) is 7.07. The molecule has 0 aliphatic carbocycles. The van der Waals surface area contributed by atoms with Crippen molar-refractivity contribution in [3.8, 4) is 0 Å². The van der Waals surface area contributed by atoms with Crippen LogP contribution in [0.3, 0.4) is 0 Å². The molecule has 0 saturated carbocycles. The van der Waals surface area contributed by atoms with Gasteiger partial charge in [0.15, 0.2) is 0 Å². The summed E-state index contributed by atoms with van der Waals surface area (Å²) >= 11 is 0. The number of hydrogen-bond acceptors (Lipinski definition) is 2. The first kappa shape index (κ1) is 19.5. The predicted molar refractivity (Wildman–Crippen MR) is 77.8 cm³/mol. The lowest BCUT2D eigenvalue weighted by Crippen LogP contribution is -2.19. The number of esters is 1. The normalized spacial score (nSPS) is 15.4. The van der Waals surface area contributed by atoms with Crippen LogP contribution in [0.4, 0.5) is 13.2 Å². The molecule has 0 heterocycles. The van der Waals surface area contributed by atoms with Crippen LogP contribution in [0.5, 0.6) is 0 Å². The van der Waals surface area contributed by atoms with Gasteiger partial charge in [0.2, 0.25) is 0 Å². The molecule has 0 fully saturated rings. The van der Waals surface area contributed by atoms with E-state index in [1.54, 1.807) is 19.9 Å². The van der Waals surface area contributed by atoms with Crippen LogP contribution in [0.1, 0.15) is 47.0 Å². The van der Waals surface area contributed by atoms with Gasteiger partial charge in [-0.15, -0.1) is 0 Å². The van der Waals surface area contributed by atoms with Crippen LogP contribution in [-0.4, -0.2) is 18.2 Å². The van der Waals surface area contributed by atoms with Crippen molar-refractivity contribution in [2.75, 3.05) is 0 Å². The summed E-state index contributed by atoms with van der Waals surface area (Å²) in [5, 5.41) is 0. The maximum atomic E-state index is 12.7. The number of allylic oxidation sites excluding steroid dienone is 4. The molecular weight excluding hydrogens is 281 g/mol. The van der Waals surface area contributed by atoms with Gasteiger partial charge in [0.25, 0.3) is 0 Å². The predicted octanol–water partition coefficient (Wildman–Crippen LogP) is 5.12. The molecule has 0 bridgehead atoms. The summed E-state index contributed by atoms with van der Waals surface area (Å²) in [5.41, 5.74) is -0.152. The Labute approximate surface area is 124 Å². The Hall–Kier alpha value is -1.52. The molecule has 0 aromatic rings. The smallest absolute Gasteiger partial charge is 0.416 e. The van der Waals surface area contributed by atoms with Gasteiger partial charge in [-0.3, -0.25) is 4.79 Å². The molecular formula is C16H23F3O2. The van der Waals surface area contributed by atoms with Gasteiger partial charge in [-0.25, -0.2) is 0 Å². The van der Waals surface area contributed by atoms with Gasteiger partial charge < -0.3 is 4.74 Å². The third-order valence-electron chi connectivity index (χ3n) is 2.91. The summed E-state index contributed by atoms with van der Waals surface area (Å²) in [4.78, 5) is 11.4. The Balaban J connectivity index is 5.15. The first-order valence-electron chi connectivity index (χ1n) is 7.07. The van der Waals surface area contributed by atoms with Crippen LogP contribution in [0.25, 0.3) is 0 Å². The number of alkyl halides is 3. The average molecular weight is 304 g/mol. The van der Waals surface area contributed by atoms with Gasteiger partial charge in [0.05, 0.1) is 5.57 Å². The van der Waals surface area contributed by atoms with Crippen molar-refractivity contribution in [3.05, 3.63) is 35.5 Å². The number of rotatable bonds is 7. The molecule has 0 N–H and O–H groups in total. The van der Waals surface area contributed by atoms with Gasteiger partial charge in [0.1, 0.15) is 6.10 Å². The van der Waals surface area contributed by atoms with Crippen molar-refractivity contribution in [2.45, 2.75) is 59.2 Å². The zero-order valence-electron chi connectivity index (χ0n) is 13.0. The van der Waals surface area contributed by atoms with Gasteiger partial charge in [-0.05, 0) is 31.9 Å². The molecule has 0 radical (unpaired) electrons. The van der Waals surface area contributed by atoms with Crippen LogP contribution in [-0.2, 0) is 9.53 Å². The van der Waals surface area contributed by atoms with Crippen molar-refractivity contribution >= 4 is 5.97 Å². The number of carbonyl (C=O) groups excluding carboxylic acids is 1. The number of ether oxygens (including phenoxy) is 1. The van der Waals surface area contributed by atoms with Crippen molar-refractivity contribution < 1.29 is 22.7 Å². The van der Waals surface area contributed by atoms with Crippen molar-refractivity contribution in [3.63, 3.8) is 0 Å². The van der Waals surface area contributed by atoms with Crippen molar-refractivity contribution in [1.82, 2.24) is 0 Å². The van der Waals surface area contributed by atoms with Gasteiger partial charge in [-0.1, -0.05) is 38.5 Å². The van der Waals surface area contributed by atoms with Crippen LogP contribution < -0.4 is 0 Å². The Morgan fingerprint density at radius 2 is 1.76 bits per heavy atom. The molecule has 21 heavy (non-hydrogen) atoms. The van der Waals surface area contributed by atoms with Crippen LogP contribution in [0, 0.1) is 0 Å². The molecule has 0 aromatic carbocycles. The number of hydrogen-bond donors (Lipinski definition) is 0. The summed E-state index contributed by atoms with van der Waals surface area (Å²) in [7, 11) is 0. The highest BCUT2D eigenvalue weighted by Gasteiger charge is 2.31. The van der Waals surface area contributed by atoms with E-state index in [1.165, 1.54) is 13.0 Å². The quantitative estimate of drug-likeness (QED) is 0.482. The van der Waals surface area contributed by atoms with Crippen LogP contribution in [0.2, 0.25) is 0 Å². The van der Waals surface area contributed by atoms with E-state index in [0.717, 1.165) is 18.6 Å². The summed E-state index contributed by atoms with van der Waals surface area (Å²) < 4.78 is 43.3. The molecule has 1 unspecified atom stereocenters. The fraction of sp³-hybridized carbons (Fsp3) is 0.562. The lowest BCUT2D eigenvalue weighted by atomic mass is 10.0. The Bertz CT molecular complexity index is 418. The Kier molecular flexibility index (Phi) is 8.74. The van der Waals surface area contributed by atoms with E-state index in [0.29, 0.717) is 12.0 Å². The number of carbonyl (C=O) groups is 1. The van der Waals surface area contributed by atoms with Gasteiger partial charge in [-0.2, -0.15) is 13.2 Å². The topological polar surface area (TPSA) is 26.3 Å². The molecule has 5 heteroatoms. The molecule has 0 aliphatic heterocycles. The fourth-order valence-electron chi connectivity index (χ4n) is 1.73. The average Bonchev–Trinajstić information content (AvgIpc) is 2.41. The minimum Gasteiger partial charge on any atom is -0.457 e. The molecule has 0 saturated heterocycles. The van der Waals surface area contributed by atoms with E-state index in [9.17, 15) is 18.0 Å². The second-order valence-electron chi connectivity index (χ2n) is 4.48. The minimum absolute atomic E-state index is 0.240. The molecule has 120 valence electrons. The van der Waals surface area contributed by atoms with E-state index in [1.807, 2.05) is 6.92 Å². The third kappa shape index (κ3) is 7.16. The van der Waals surface area contributed by atoms with Crippen LogP contribution >= 0.6 is 0 Å². The maximum Gasteiger partial charge on any atom is 0.416 e. The Morgan fingerprint density at radius 3 is 2.14 bits per heavy atom. The summed E-state index contributed by atoms with van der Waals surface area (Å²) in [6, 6.07) is 0. The fourth-order valence-corrected chi connectivity index (χ4v) is 1.73. The van der Waals surface area contributed by atoms with E-state index >= 15 is 0 Å². The summed E-state index contributed by atoms with van der Waals surface area (Å²) in [6.07, 6.45) is 1.75. The highest BCUT2D eigenvalue weighted by Crippen LogP contribution is 2.27. The molecule has 0 aliphatic rings. The Morgan fingerprint density at radius 1 is 1.14 bits per heavy atom. The summed E-state index contributed by atoms with van der Waals surface area (Å²) in [6.45, 7) is 6.66. The summed E-state index contributed by atoms with van der Waals surface area (Å²) in [5.74, 6) is -0.358. The van der Waals surface area contributed by atoms with Gasteiger partial charge in [0, 0.05) is 6.42 Å². The SMILES string of the molecule is C\C=C(/C=C\C(=C/C)C(F)(F)F)C(CCC)OC(=O)CC. The van der Waals surface area contributed by atoms with Gasteiger partial charge >= 0.3 is 12.1 Å². The van der Waals surface area contributed by atoms with Crippen molar-refractivity contribution in [2.24, 2.45) is 0 Å². The molecule has 1 atom stereocenters.